The normalized spacial score (nSPS) is 19.3. The Kier molecular flexibility index (Phi) is 7.22. The molecule has 3 aromatic heterocycles. The maximum atomic E-state index is 14.8. The van der Waals surface area contributed by atoms with E-state index in [1.807, 2.05) is 0 Å². The average Bonchev–Trinajstić information content (AvgIpc) is 3.47. The number of aromatic nitrogens is 5. The zero-order valence-electron chi connectivity index (χ0n) is 25.0. The molecule has 2 aliphatic rings. The van der Waals surface area contributed by atoms with Gasteiger partial charge in [0.15, 0.2) is 5.69 Å². The molecule has 1 saturated carbocycles. The van der Waals surface area contributed by atoms with Gasteiger partial charge in [-0.2, -0.15) is 36.5 Å². The number of benzene rings is 1. The molecule has 0 radical (unpaired) electrons. The lowest BCUT2D eigenvalue weighted by Crippen LogP contribution is -2.51. The second-order valence-electron chi connectivity index (χ2n) is 11.8. The highest BCUT2D eigenvalue weighted by atomic mass is 19.4. The van der Waals surface area contributed by atoms with Gasteiger partial charge in [0.25, 0.3) is 5.91 Å². The number of fused-ring (bicyclic) bond motifs is 2. The largest absolute Gasteiger partial charge is 0.494 e. The number of halogens is 6. The lowest BCUT2D eigenvalue weighted by atomic mass is 9.81. The first-order chi connectivity index (χ1) is 21.9. The van der Waals surface area contributed by atoms with Gasteiger partial charge in [0.2, 0.25) is 11.5 Å². The van der Waals surface area contributed by atoms with Crippen molar-refractivity contribution >= 4 is 22.7 Å². The minimum Gasteiger partial charge on any atom is -0.494 e. The molecule has 1 unspecified atom stereocenters. The van der Waals surface area contributed by atoms with E-state index in [-0.39, 0.29) is 22.9 Å². The predicted molar refractivity (Wildman–Crippen MR) is 150 cm³/mol. The summed E-state index contributed by atoms with van der Waals surface area (Å²) in [4.78, 5) is 29.5. The van der Waals surface area contributed by atoms with E-state index in [4.69, 9.17) is 15.2 Å². The number of alkyl halides is 6. The van der Waals surface area contributed by atoms with Crippen molar-refractivity contribution in [2.24, 2.45) is 12.8 Å². The second kappa shape index (κ2) is 10.6. The Bertz CT molecular complexity index is 1930. The Morgan fingerprint density at radius 1 is 1.15 bits per heavy atom. The number of amides is 2. The first-order valence-electron chi connectivity index (χ1n) is 14.1. The Morgan fingerprint density at radius 3 is 2.45 bits per heavy atom. The molecule has 250 valence electrons. The second-order valence-corrected chi connectivity index (χ2v) is 11.8. The molecule has 4 aromatic rings. The van der Waals surface area contributed by atoms with Crippen molar-refractivity contribution in [1.82, 2.24) is 29.9 Å². The number of aliphatic hydroxyl groups is 1. The molecule has 0 bridgehead atoms. The van der Waals surface area contributed by atoms with Crippen molar-refractivity contribution in [1.29, 1.82) is 0 Å². The summed E-state index contributed by atoms with van der Waals surface area (Å²) in [6, 6.07) is 3.56. The maximum Gasteiger partial charge on any atom is 0.435 e. The fourth-order valence-corrected chi connectivity index (χ4v) is 5.43. The number of methoxy groups -OCH3 is 1. The van der Waals surface area contributed by atoms with Crippen LogP contribution in [0, 0.1) is 0 Å². The van der Waals surface area contributed by atoms with E-state index in [9.17, 15) is 41.0 Å². The first kappa shape index (κ1) is 32.1. The van der Waals surface area contributed by atoms with Gasteiger partial charge in [-0.3, -0.25) is 19.0 Å². The van der Waals surface area contributed by atoms with Crippen molar-refractivity contribution in [3.05, 3.63) is 53.1 Å². The minimum atomic E-state index is -5.55. The number of nitrogens with two attached hydrogens (primary N) is 1. The number of hydrogen-bond donors (Lipinski definition) is 3. The van der Waals surface area contributed by atoms with E-state index >= 15 is 0 Å². The minimum absolute atomic E-state index is 0.114. The zero-order chi connectivity index (χ0) is 34.3. The molecule has 6 rings (SSSR count). The molecule has 1 aliphatic heterocycles. The van der Waals surface area contributed by atoms with Gasteiger partial charge in [-0.15, -0.1) is 0 Å². The number of aryl methyl sites for hydroxylation is 1. The fraction of sp³-hybridized carbons (Fsp3) is 0.414. The van der Waals surface area contributed by atoms with Gasteiger partial charge in [-0.1, -0.05) is 0 Å². The summed E-state index contributed by atoms with van der Waals surface area (Å²) in [5.41, 5.74) is -4.51. The van der Waals surface area contributed by atoms with Crippen LogP contribution in [-0.4, -0.2) is 67.9 Å². The maximum absolute atomic E-state index is 14.8. The highest BCUT2D eigenvalue weighted by molar-refractivity contribution is 6.00. The zero-order valence-corrected chi connectivity index (χ0v) is 25.0. The molecule has 4 heterocycles. The number of nitrogens with zero attached hydrogens (tertiary/aromatic N) is 5. The van der Waals surface area contributed by atoms with E-state index < -0.39 is 76.7 Å². The van der Waals surface area contributed by atoms with Gasteiger partial charge >= 0.3 is 12.4 Å². The molecule has 1 fully saturated rings. The SMILES string of the molecule is COc1cc(C(=O)NCC(O)(c2cc3c(c(-c4cn(C)nc4C(F)(F)F)n2)OC[C@]3(C)C(N)=O)C(F)(F)F)cc2cn(C3CC3)nc12. The fourth-order valence-electron chi connectivity index (χ4n) is 5.43. The Balaban J connectivity index is 1.44. The first-order valence-corrected chi connectivity index (χ1v) is 14.1. The number of nitrogens with one attached hydrogen (secondary N) is 1. The molecule has 12 nitrogen and oxygen atoms in total. The standard InChI is InChI=1S/C29H27F6N7O5/c1-26(25(36)44)12-47-22-17(26)8-19(38-21(22)16-10-41(2)40-23(16)28(30,31)32)27(45,29(33,34)35)11-37-24(43)13-6-14-9-42(15-4-5-15)39-20(14)18(7-13)46-3/h6-10,15,45H,4-5,11-12H2,1-3H3,(H2,36,44)(H,37,43)/t26-,27?/m0/s1. The van der Waals surface area contributed by atoms with Crippen LogP contribution in [0.15, 0.2) is 30.6 Å². The van der Waals surface area contributed by atoms with Crippen molar-refractivity contribution in [3.63, 3.8) is 0 Å². The van der Waals surface area contributed by atoms with Crippen LogP contribution < -0.4 is 20.5 Å². The number of carbonyl (C=O) groups excluding carboxylic acids is 2. The van der Waals surface area contributed by atoms with Gasteiger partial charge < -0.3 is 25.6 Å². The summed E-state index contributed by atoms with van der Waals surface area (Å²) in [6.45, 7) is -0.818. The lowest BCUT2D eigenvalue weighted by molar-refractivity contribution is -0.265. The molecule has 0 saturated heterocycles. The quantitative estimate of drug-likeness (QED) is 0.241. The van der Waals surface area contributed by atoms with Crippen LogP contribution in [0.25, 0.3) is 22.2 Å². The van der Waals surface area contributed by atoms with Gasteiger partial charge in [-0.25, -0.2) is 4.98 Å². The van der Waals surface area contributed by atoms with Crippen LogP contribution in [0.5, 0.6) is 11.5 Å². The number of ether oxygens (including phenoxy) is 2. The lowest BCUT2D eigenvalue weighted by Gasteiger charge is -2.31. The molecule has 1 aliphatic carbocycles. The number of primary amides is 1. The summed E-state index contributed by atoms with van der Waals surface area (Å²) in [7, 11) is 2.49. The highest BCUT2D eigenvalue weighted by Crippen LogP contribution is 2.49. The van der Waals surface area contributed by atoms with E-state index in [1.165, 1.54) is 26.2 Å². The highest BCUT2D eigenvalue weighted by Gasteiger charge is 2.58. The number of pyridine rings is 1. The number of hydrogen-bond acceptors (Lipinski definition) is 8. The topological polar surface area (TPSA) is 159 Å². The molecule has 2 atom stereocenters. The van der Waals surface area contributed by atoms with Crippen LogP contribution in [0.2, 0.25) is 0 Å². The van der Waals surface area contributed by atoms with E-state index in [2.05, 4.69) is 20.5 Å². The van der Waals surface area contributed by atoms with Crippen molar-refractivity contribution in [3.8, 4) is 22.8 Å². The van der Waals surface area contributed by atoms with Crippen LogP contribution >= 0.6 is 0 Å². The van der Waals surface area contributed by atoms with Crippen LogP contribution in [-0.2, 0) is 29.0 Å². The van der Waals surface area contributed by atoms with Gasteiger partial charge in [-0.05, 0) is 38.0 Å². The third kappa shape index (κ3) is 5.29. The number of carbonyl (C=O) groups is 2. The van der Waals surface area contributed by atoms with Gasteiger partial charge in [0.05, 0.1) is 31.0 Å². The molecule has 0 spiro atoms. The van der Waals surface area contributed by atoms with Crippen molar-refractivity contribution < 1.29 is 50.5 Å². The Labute approximate surface area is 261 Å². The molecule has 18 heteroatoms. The smallest absolute Gasteiger partial charge is 0.435 e. The number of rotatable bonds is 8. The van der Waals surface area contributed by atoms with E-state index in [0.717, 1.165) is 30.8 Å². The average molecular weight is 668 g/mol. The third-order valence-electron chi connectivity index (χ3n) is 8.36. The summed E-state index contributed by atoms with van der Waals surface area (Å²) >= 11 is 0. The summed E-state index contributed by atoms with van der Waals surface area (Å²) in [5, 5.41) is 21.7. The Morgan fingerprint density at radius 2 is 1.85 bits per heavy atom. The predicted octanol–water partition coefficient (Wildman–Crippen LogP) is 3.51. The van der Waals surface area contributed by atoms with Gasteiger partial charge in [0, 0.05) is 36.0 Å². The van der Waals surface area contributed by atoms with Crippen molar-refractivity contribution in [2.45, 2.75) is 49.2 Å². The monoisotopic (exact) mass is 667 g/mol. The molecule has 47 heavy (non-hydrogen) atoms. The van der Waals surface area contributed by atoms with E-state index in [0.29, 0.717) is 17.0 Å². The summed E-state index contributed by atoms with van der Waals surface area (Å²) < 4.78 is 99.5. The molecule has 1 aromatic carbocycles. The molecule has 2 amide bonds. The van der Waals surface area contributed by atoms with Crippen molar-refractivity contribution in [2.75, 3.05) is 20.3 Å². The summed E-state index contributed by atoms with van der Waals surface area (Å²) in [6.07, 6.45) is -6.24. The summed E-state index contributed by atoms with van der Waals surface area (Å²) in [5.74, 6) is -2.34. The van der Waals surface area contributed by atoms with E-state index in [1.54, 1.807) is 10.9 Å². The molecule has 4 N–H and O–H groups in total. The molecular formula is C29H27F6N7O5. The van der Waals surface area contributed by atoms with Gasteiger partial charge in [0.1, 0.15) is 34.7 Å². The third-order valence-corrected chi connectivity index (χ3v) is 8.36. The molecular weight excluding hydrogens is 640 g/mol. The Hall–Kier alpha value is -4.87. The van der Waals surface area contributed by atoms with Crippen LogP contribution in [0.3, 0.4) is 0 Å². The van der Waals surface area contributed by atoms with Crippen LogP contribution in [0.1, 0.15) is 53.1 Å². The van der Waals surface area contributed by atoms with Crippen LogP contribution in [0.4, 0.5) is 26.3 Å².